The number of nitrogens with zero attached hydrogens (tertiary/aromatic N) is 3. The molecule has 5 heteroatoms. The van der Waals surface area contributed by atoms with Gasteiger partial charge in [0.25, 0.3) is 0 Å². The molecule has 1 aliphatic carbocycles. The first kappa shape index (κ1) is 14.1. The quantitative estimate of drug-likeness (QED) is 0.864. The van der Waals surface area contributed by atoms with Crippen LogP contribution in [0.2, 0.25) is 5.02 Å². The van der Waals surface area contributed by atoms with Crippen molar-refractivity contribution >= 4 is 11.6 Å². The Morgan fingerprint density at radius 2 is 2.18 bits per heavy atom. The van der Waals surface area contributed by atoms with E-state index in [1.54, 1.807) is 6.07 Å². The minimum Gasteiger partial charge on any atom is -0.294 e. The van der Waals surface area contributed by atoms with Gasteiger partial charge in [-0.05, 0) is 30.5 Å². The summed E-state index contributed by atoms with van der Waals surface area (Å²) < 4.78 is 13.1. The average Bonchev–Trinajstić information content (AvgIpc) is 3.34. The van der Waals surface area contributed by atoms with Crippen LogP contribution in [0.15, 0.2) is 24.4 Å². The number of hydrogen-bond acceptors (Lipinski definition) is 3. The molecular weight excluding hydrogens is 301 g/mol. The molecule has 4 rings (SSSR count). The highest BCUT2D eigenvalue weighted by Gasteiger charge is 2.28. The van der Waals surface area contributed by atoms with Crippen LogP contribution in [0, 0.1) is 5.82 Å². The van der Waals surface area contributed by atoms with E-state index in [1.165, 1.54) is 36.2 Å². The Bertz CT molecular complexity index is 715. The second-order valence-corrected chi connectivity index (χ2v) is 6.58. The van der Waals surface area contributed by atoms with Gasteiger partial charge < -0.3 is 0 Å². The normalized spacial score (nSPS) is 18.3. The Kier molecular flexibility index (Phi) is 3.59. The fourth-order valence-corrected chi connectivity index (χ4v) is 3.18. The third kappa shape index (κ3) is 2.85. The molecule has 114 valence electrons. The highest BCUT2D eigenvalue weighted by molar-refractivity contribution is 6.31. The summed E-state index contributed by atoms with van der Waals surface area (Å²) >= 11 is 6.12. The molecular formula is C17H17ClFN3. The lowest BCUT2D eigenvalue weighted by Gasteiger charge is -2.28. The molecule has 0 N–H and O–H groups in total. The molecule has 0 spiro atoms. The Morgan fingerprint density at radius 3 is 2.95 bits per heavy atom. The molecule has 1 saturated carbocycles. The Hall–Kier alpha value is -1.52. The first-order valence-electron chi connectivity index (χ1n) is 7.70. The van der Waals surface area contributed by atoms with Crippen molar-refractivity contribution in [1.29, 1.82) is 0 Å². The van der Waals surface area contributed by atoms with Crippen molar-refractivity contribution in [2.45, 2.75) is 38.3 Å². The van der Waals surface area contributed by atoms with Crippen molar-refractivity contribution in [3.8, 4) is 0 Å². The summed E-state index contributed by atoms with van der Waals surface area (Å²) in [6.45, 7) is 2.50. The molecule has 0 bridgehead atoms. The number of fused-ring (bicyclic) bond motifs is 1. The highest BCUT2D eigenvalue weighted by Crippen LogP contribution is 2.38. The summed E-state index contributed by atoms with van der Waals surface area (Å²) in [4.78, 5) is 11.6. The first-order chi connectivity index (χ1) is 10.7. The maximum absolute atomic E-state index is 13.1. The van der Waals surface area contributed by atoms with Gasteiger partial charge >= 0.3 is 0 Å². The van der Waals surface area contributed by atoms with E-state index in [0.717, 1.165) is 37.4 Å². The Morgan fingerprint density at radius 1 is 1.32 bits per heavy atom. The number of aromatic nitrogens is 2. The van der Waals surface area contributed by atoms with Gasteiger partial charge in [-0.15, -0.1) is 0 Å². The van der Waals surface area contributed by atoms with E-state index in [9.17, 15) is 4.39 Å². The lowest BCUT2D eigenvalue weighted by molar-refractivity contribution is 0.242. The average molecular weight is 318 g/mol. The molecule has 1 aromatic heterocycles. The predicted octanol–water partition coefficient (Wildman–Crippen LogP) is 3.70. The molecule has 22 heavy (non-hydrogen) atoms. The smallest absolute Gasteiger partial charge is 0.131 e. The summed E-state index contributed by atoms with van der Waals surface area (Å²) in [5.41, 5.74) is 3.36. The molecule has 0 radical (unpaired) electrons. The molecule has 0 saturated heterocycles. The summed E-state index contributed by atoms with van der Waals surface area (Å²) in [6.07, 6.45) is 5.38. The second kappa shape index (κ2) is 5.60. The predicted molar refractivity (Wildman–Crippen MR) is 83.2 cm³/mol. The monoisotopic (exact) mass is 317 g/mol. The van der Waals surface area contributed by atoms with Gasteiger partial charge in [-0.25, -0.2) is 14.4 Å². The van der Waals surface area contributed by atoms with Gasteiger partial charge in [-0.1, -0.05) is 17.7 Å². The number of halogens is 2. The van der Waals surface area contributed by atoms with Gasteiger partial charge in [0.2, 0.25) is 0 Å². The van der Waals surface area contributed by atoms with Crippen molar-refractivity contribution in [2.75, 3.05) is 6.54 Å². The van der Waals surface area contributed by atoms with E-state index in [1.807, 2.05) is 6.20 Å². The summed E-state index contributed by atoms with van der Waals surface area (Å²) in [5.74, 6) is 1.33. The van der Waals surface area contributed by atoms with Gasteiger partial charge in [-0.2, -0.15) is 0 Å². The number of hydrogen-bond donors (Lipinski definition) is 0. The molecule has 1 aliphatic heterocycles. The minimum absolute atomic E-state index is 0.293. The molecule has 1 aromatic carbocycles. The second-order valence-electron chi connectivity index (χ2n) is 6.17. The van der Waals surface area contributed by atoms with Crippen molar-refractivity contribution in [3.05, 3.63) is 57.9 Å². The van der Waals surface area contributed by atoms with Crippen LogP contribution in [0.25, 0.3) is 0 Å². The molecule has 0 atom stereocenters. The van der Waals surface area contributed by atoms with Gasteiger partial charge in [0.1, 0.15) is 11.6 Å². The maximum Gasteiger partial charge on any atom is 0.131 e. The van der Waals surface area contributed by atoms with Gasteiger partial charge in [0, 0.05) is 54.4 Å². The SMILES string of the molecule is Fc1ccc(CN2CCc3nc(C4CC4)ncc3C2)c(Cl)c1. The molecule has 0 amide bonds. The molecule has 1 fully saturated rings. The standard InChI is InChI=1S/C17H17ClFN3/c18-15-7-14(19)4-3-12(15)9-22-6-5-16-13(10-22)8-20-17(21-16)11-1-2-11/h3-4,7-8,11H,1-2,5-6,9-10H2. The lowest BCUT2D eigenvalue weighted by Crippen LogP contribution is -2.31. The third-order valence-corrected chi connectivity index (χ3v) is 4.74. The molecule has 0 unspecified atom stereocenters. The maximum atomic E-state index is 13.1. The van der Waals surface area contributed by atoms with Crippen molar-refractivity contribution < 1.29 is 4.39 Å². The van der Waals surface area contributed by atoms with E-state index in [4.69, 9.17) is 16.6 Å². The molecule has 2 aromatic rings. The van der Waals surface area contributed by atoms with Gasteiger partial charge in [0.15, 0.2) is 0 Å². The molecule has 2 aliphatic rings. The zero-order valence-corrected chi connectivity index (χ0v) is 13.0. The zero-order valence-electron chi connectivity index (χ0n) is 12.2. The highest BCUT2D eigenvalue weighted by atomic mass is 35.5. The van der Waals surface area contributed by atoms with Crippen LogP contribution in [0.4, 0.5) is 4.39 Å². The number of rotatable bonds is 3. The fraction of sp³-hybridized carbons (Fsp3) is 0.412. The summed E-state index contributed by atoms with van der Waals surface area (Å²) in [7, 11) is 0. The van der Waals surface area contributed by atoms with Crippen LogP contribution in [0.5, 0.6) is 0 Å². The van der Waals surface area contributed by atoms with Crippen molar-refractivity contribution in [2.24, 2.45) is 0 Å². The van der Waals surface area contributed by atoms with E-state index in [-0.39, 0.29) is 5.82 Å². The van der Waals surface area contributed by atoms with Crippen LogP contribution in [0.3, 0.4) is 0 Å². The lowest BCUT2D eigenvalue weighted by atomic mass is 10.1. The van der Waals surface area contributed by atoms with Crippen LogP contribution in [0.1, 0.15) is 41.4 Å². The van der Waals surface area contributed by atoms with Crippen molar-refractivity contribution in [1.82, 2.24) is 14.9 Å². The van der Waals surface area contributed by atoms with Crippen LogP contribution < -0.4 is 0 Å². The van der Waals surface area contributed by atoms with Gasteiger partial charge in [0.05, 0.1) is 0 Å². The Balaban J connectivity index is 1.49. The fourth-order valence-electron chi connectivity index (χ4n) is 2.95. The third-order valence-electron chi connectivity index (χ3n) is 4.38. The summed E-state index contributed by atoms with van der Waals surface area (Å²) in [6, 6.07) is 4.60. The minimum atomic E-state index is -0.293. The van der Waals surface area contributed by atoms with Crippen LogP contribution in [-0.4, -0.2) is 21.4 Å². The van der Waals surface area contributed by atoms with E-state index in [2.05, 4.69) is 9.88 Å². The largest absolute Gasteiger partial charge is 0.294 e. The van der Waals surface area contributed by atoms with E-state index in [0.29, 0.717) is 10.9 Å². The molecule has 2 heterocycles. The summed E-state index contributed by atoms with van der Waals surface area (Å²) in [5, 5.41) is 0.492. The van der Waals surface area contributed by atoms with Gasteiger partial charge in [-0.3, -0.25) is 4.90 Å². The van der Waals surface area contributed by atoms with Crippen LogP contribution >= 0.6 is 11.6 Å². The first-order valence-corrected chi connectivity index (χ1v) is 8.08. The van der Waals surface area contributed by atoms with Crippen LogP contribution in [-0.2, 0) is 19.5 Å². The zero-order chi connectivity index (χ0) is 15.1. The van der Waals surface area contributed by atoms with Crippen molar-refractivity contribution in [3.63, 3.8) is 0 Å². The van der Waals surface area contributed by atoms with E-state index < -0.39 is 0 Å². The van der Waals surface area contributed by atoms with E-state index >= 15 is 0 Å². The number of benzene rings is 1. The Labute approximate surface area is 134 Å². The topological polar surface area (TPSA) is 29.0 Å². The molecule has 3 nitrogen and oxygen atoms in total.